The second-order valence-electron chi connectivity index (χ2n) is 9.53. The van der Waals surface area contributed by atoms with Gasteiger partial charge in [0.25, 0.3) is 5.91 Å². The van der Waals surface area contributed by atoms with Gasteiger partial charge >= 0.3 is 0 Å². The summed E-state index contributed by atoms with van der Waals surface area (Å²) < 4.78 is 29.9. The summed E-state index contributed by atoms with van der Waals surface area (Å²) in [6.45, 7) is 3.04. The summed E-state index contributed by atoms with van der Waals surface area (Å²) >= 11 is 10.3. The lowest BCUT2D eigenvalue weighted by Crippen LogP contribution is -2.35. The molecule has 0 saturated carbocycles. The Morgan fingerprint density at radius 3 is 2.50 bits per heavy atom. The Labute approximate surface area is 272 Å². The molecule has 2 N–H and O–H groups in total. The van der Waals surface area contributed by atoms with E-state index in [9.17, 15) is 18.0 Å². The Hall–Kier alpha value is -3.02. The van der Waals surface area contributed by atoms with E-state index in [1.807, 2.05) is 13.0 Å². The number of amides is 2. The summed E-state index contributed by atoms with van der Waals surface area (Å²) in [6, 6.07) is 13.0. The molecule has 0 bridgehead atoms. The second-order valence-corrected chi connectivity index (χ2v) is 15.3. The van der Waals surface area contributed by atoms with Crippen LogP contribution in [0.15, 0.2) is 62.9 Å². The fourth-order valence-corrected chi connectivity index (χ4v) is 8.54. The second kappa shape index (κ2) is 14.8. The molecular weight excluding hydrogens is 664 g/mol. The fourth-order valence-electron chi connectivity index (χ4n) is 4.40. The van der Waals surface area contributed by atoms with E-state index in [0.717, 1.165) is 29.4 Å². The van der Waals surface area contributed by atoms with Gasteiger partial charge in [0, 0.05) is 23.7 Å². The summed E-state index contributed by atoms with van der Waals surface area (Å²) in [5.74, 6) is 0.626. The molecule has 4 aromatic rings. The molecule has 0 atom stereocenters. The van der Waals surface area contributed by atoms with E-state index in [-0.39, 0.29) is 23.1 Å². The maximum Gasteiger partial charge on any atom is 0.251 e. The van der Waals surface area contributed by atoms with E-state index in [2.05, 4.69) is 31.0 Å². The number of sulfonamides is 1. The number of halogens is 1. The largest absolute Gasteiger partial charge is 0.345 e. The zero-order valence-corrected chi connectivity index (χ0v) is 27.6. The molecule has 5 rings (SSSR count). The molecule has 1 fully saturated rings. The van der Waals surface area contributed by atoms with Crippen molar-refractivity contribution in [2.45, 2.75) is 47.1 Å². The molecule has 12 nitrogen and oxygen atoms in total. The molecular formula is C27H29ClN8O4S4. The van der Waals surface area contributed by atoms with Crippen molar-refractivity contribution in [1.82, 2.24) is 34.6 Å². The van der Waals surface area contributed by atoms with Gasteiger partial charge in [0.15, 0.2) is 15.3 Å². The molecule has 2 aromatic heterocycles. The van der Waals surface area contributed by atoms with E-state index in [4.69, 9.17) is 11.6 Å². The zero-order chi connectivity index (χ0) is 31.1. The SMILES string of the molecule is CCSc1nnc(NC(=O)CSc2nnc(CNC(=O)c3ccc(S(=O)(=O)N4CCCCC4)cc3)n2-c2cccc(Cl)c2)s1. The first-order valence-corrected chi connectivity index (χ1v) is 18.3. The van der Waals surface area contributed by atoms with Gasteiger partial charge < -0.3 is 5.32 Å². The van der Waals surface area contributed by atoms with E-state index in [0.29, 0.717) is 45.5 Å². The third-order valence-electron chi connectivity index (χ3n) is 6.50. The third kappa shape index (κ3) is 7.97. The molecule has 0 spiro atoms. The number of hydrogen-bond donors (Lipinski definition) is 2. The number of carbonyl (C=O) groups is 2. The number of rotatable bonds is 12. The van der Waals surface area contributed by atoms with Crippen molar-refractivity contribution in [1.29, 1.82) is 0 Å². The van der Waals surface area contributed by atoms with Crippen LogP contribution in [0.4, 0.5) is 5.13 Å². The first-order valence-electron chi connectivity index (χ1n) is 13.7. The van der Waals surface area contributed by atoms with Crippen molar-refractivity contribution < 1.29 is 18.0 Å². The molecule has 0 unspecified atom stereocenters. The molecule has 1 aliphatic rings. The summed E-state index contributed by atoms with van der Waals surface area (Å²) in [5.41, 5.74) is 0.965. The Bertz CT molecular complexity index is 1720. The smallest absolute Gasteiger partial charge is 0.251 e. The van der Waals surface area contributed by atoms with Crippen molar-refractivity contribution in [3.8, 4) is 5.69 Å². The Morgan fingerprint density at radius 2 is 1.77 bits per heavy atom. The Balaban J connectivity index is 1.26. The molecule has 0 aliphatic carbocycles. The number of hydrogen-bond acceptors (Lipinski definition) is 11. The molecule has 3 heterocycles. The topological polar surface area (TPSA) is 152 Å². The summed E-state index contributed by atoms with van der Waals surface area (Å²) in [5, 5.41) is 23.5. The number of benzene rings is 2. The number of piperidine rings is 1. The van der Waals surface area contributed by atoms with Crippen LogP contribution in [0.5, 0.6) is 0 Å². The van der Waals surface area contributed by atoms with E-state index < -0.39 is 15.9 Å². The van der Waals surface area contributed by atoms with Crippen LogP contribution in [-0.2, 0) is 21.4 Å². The predicted molar refractivity (Wildman–Crippen MR) is 172 cm³/mol. The average molecular weight is 693 g/mol. The highest BCUT2D eigenvalue weighted by Crippen LogP contribution is 2.27. The maximum atomic E-state index is 13.0. The fraction of sp³-hybridized carbons (Fsp3) is 0.333. The average Bonchev–Trinajstić information content (AvgIpc) is 3.65. The minimum Gasteiger partial charge on any atom is -0.345 e. The van der Waals surface area contributed by atoms with Gasteiger partial charge in [0.1, 0.15) is 0 Å². The predicted octanol–water partition coefficient (Wildman–Crippen LogP) is 4.72. The molecule has 17 heteroatoms. The summed E-state index contributed by atoms with van der Waals surface area (Å²) in [4.78, 5) is 25.8. The normalized spacial score (nSPS) is 14.0. The monoisotopic (exact) mass is 692 g/mol. The molecule has 1 saturated heterocycles. The van der Waals surface area contributed by atoms with Crippen molar-refractivity contribution in [3.63, 3.8) is 0 Å². The first kappa shape index (κ1) is 32.4. The van der Waals surface area contributed by atoms with E-state index in [1.54, 1.807) is 34.5 Å². The van der Waals surface area contributed by atoms with Gasteiger partial charge in [-0.1, -0.05) is 65.9 Å². The number of thioether (sulfide) groups is 2. The van der Waals surface area contributed by atoms with Gasteiger partial charge in [-0.25, -0.2) is 8.42 Å². The van der Waals surface area contributed by atoms with Crippen molar-refractivity contribution in [2.24, 2.45) is 0 Å². The highest BCUT2D eigenvalue weighted by molar-refractivity contribution is 8.01. The Morgan fingerprint density at radius 1 is 1.00 bits per heavy atom. The highest BCUT2D eigenvalue weighted by Gasteiger charge is 2.26. The number of aromatic nitrogens is 5. The molecule has 232 valence electrons. The molecule has 1 aliphatic heterocycles. The summed E-state index contributed by atoms with van der Waals surface area (Å²) in [6.07, 6.45) is 2.71. The van der Waals surface area contributed by atoms with Crippen LogP contribution in [0.2, 0.25) is 5.02 Å². The number of nitrogens with one attached hydrogen (secondary N) is 2. The molecule has 44 heavy (non-hydrogen) atoms. The number of carbonyl (C=O) groups excluding carboxylic acids is 2. The maximum absolute atomic E-state index is 13.0. The molecule has 2 aromatic carbocycles. The van der Waals surface area contributed by atoms with Gasteiger partial charge in [-0.2, -0.15) is 4.31 Å². The minimum atomic E-state index is -3.60. The lowest BCUT2D eigenvalue weighted by molar-refractivity contribution is -0.113. The van der Waals surface area contributed by atoms with Crippen LogP contribution in [0, 0.1) is 0 Å². The quantitative estimate of drug-likeness (QED) is 0.158. The van der Waals surface area contributed by atoms with Crippen LogP contribution in [0.1, 0.15) is 42.4 Å². The molecule has 2 amide bonds. The Kier molecular flexibility index (Phi) is 10.9. The van der Waals surface area contributed by atoms with E-state index in [1.165, 1.54) is 51.7 Å². The highest BCUT2D eigenvalue weighted by atomic mass is 35.5. The van der Waals surface area contributed by atoms with Gasteiger partial charge in [-0.3, -0.25) is 19.5 Å². The van der Waals surface area contributed by atoms with Crippen LogP contribution >= 0.6 is 46.5 Å². The lowest BCUT2D eigenvalue weighted by atomic mass is 10.2. The van der Waals surface area contributed by atoms with Crippen molar-refractivity contribution in [3.05, 3.63) is 64.9 Å². The lowest BCUT2D eigenvalue weighted by Gasteiger charge is -2.25. The molecule has 0 radical (unpaired) electrons. The van der Waals surface area contributed by atoms with Gasteiger partial charge in [0.05, 0.1) is 22.9 Å². The van der Waals surface area contributed by atoms with Crippen LogP contribution < -0.4 is 10.6 Å². The van der Waals surface area contributed by atoms with Crippen LogP contribution in [0.3, 0.4) is 0 Å². The number of nitrogens with zero attached hydrogens (tertiary/aromatic N) is 6. The third-order valence-corrected chi connectivity index (χ3v) is 11.4. The van der Waals surface area contributed by atoms with Crippen LogP contribution in [-0.4, -0.2) is 74.1 Å². The zero-order valence-electron chi connectivity index (χ0n) is 23.6. The van der Waals surface area contributed by atoms with Gasteiger partial charge in [-0.05, 0) is 61.1 Å². The van der Waals surface area contributed by atoms with Gasteiger partial charge in [0.2, 0.25) is 21.1 Å². The van der Waals surface area contributed by atoms with Crippen LogP contribution in [0.25, 0.3) is 5.69 Å². The van der Waals surface area contributed by atoms with Crippen molar-refractivity contribution in [2.75, 3.05) is 29.9 Å². The first-order chi connectivity index (χ1) is 21.2. The van der Waals surface area contributed by atoms with E-state index >= 15 is 0 Å². The summed E-state index contributed by atoms with van der Waals surface area (Å²) in [7, 11) is -3.60. The number of anilines is 1. The van der Waals surface area contributed by atoms with Gasteiger partial charge in [-0.15, -0.1) is 20.4 Å². The van der Waals surface area contributed by atoms with Crippen molar-refractivity contribution >= 4 is 73.4 Å². The standard InChI is InChI=1S/C27H29ClN8O4S4/c1-2-41-27-34-32-25(43-27)30-23(37)17-42-26-33-31-22(36(26)20-8-6-7-19(28)15-20)16-29-24(38)18-9-11-21(12-10-18)44(39,40)35-13-4-3-5-14-35/h6-12,15H,2-5,13-14,16-17H2,1H3,(H,29,38)(H,30,32,37). The minimum absolute atomic E-state index is 0.0155.